The molecule has 0 radical (unpaired) electrons. The van der Waals surface area contributed by atoms with Crippen molar-refractivity contribution in [2.75, 3.05) is 39.3 Å². The number of nitrogens with zero attached hydrogens (tertiary/aromatic N) is 2. The topological polar surface area (TPSA) is 48.6 Å². The molecule has 0 atom stereocenters. The summed E-state index contributed by atoms with van der Waals surface area (Å²) < 4.78 is 5.99. The number of ether oxygens (including phenoxy) is 1. The summed E-state index contributed by atoms with van der Waals surface area (Å²) >= 11 is 0. The van der Waals surface area contributed by atoms with Gasteiger partial charge in [0.1, 0.15) is 5.75 Å². The third kappa shape index (κ3) is 7.94. The van der Waals surface area contributed by atoms with E-state index in [9.17, 15) is 4.79 Å². The second-order valence-electron chi connectivity index (χ2n) is 10.2. The Labute approximate surface area is 210 Å². The normalized spacial score (nSPS) is 15.2. The number of benzene rings is 2. The highest BCUT2D eigenvalue weighted by molar-refractivity contribution is 5.79. The third-order valence-electron chi connectivity index (χ3n) is 7.35. The predicted molar refractivity (Wildman–Crippen MR) is 145 cm³/mol. The summed E-state index contributed by atoms with van der Waals surface area (Å²) in [6.07, 6.45) is 6.07. The highest BCUT2D eigenvalue weighted by atomic mass is 16.5. The van der Waals surface area contributed by atoms with Crippen LogP contribution in [0.5, 0.6) is 5.75 Å². The van der Waals surface area contributed by atoms with Crippen molar-refractivity contribution in [2.45, 2.75) is 52.5 Å². The first kappa shape index (κ1) is 25.5. The summed E-state index contributed by atoms with van der Waals surface area (Å²) in [5.74, 6) is 1.75. The number of fused-ring (bicyclic) bond motifs is 1. The van der Waals surface area contributed by atoms with Gasteiger partial charge in [0.25, 0.3) is 0 Å². The fourth-order valence-electron chi connectivity index (χ4n) is 4.89. The number of aryl methyl sites for hydroxylation is 1. The summed E-state index contributed by atoms with van der Waals surface area (Å²) in [6.45, 7) is 12.3. The molecule has 4 rings (SSSR count). The van der Waals surface area contributed by atoms with Gasteiger partial charge in [-0.05, 0) is 100.0 Å². The van der Waals surface area contributed by atoms with Crippen molar-refractivity contribution in [1.29, 1.82) is 0 Å². The van der Waals surface area contributed by atoms with Crippen LogP contribution in [-0.2, 0) is 6.54 Å². The third-order valence-corrected chi connectivity index (χ3v) is 7.35. The fraction of sp³-hybridized carbons (Fsp3) is 0.500. The van der Waals surface area contributed by atoms with E-state index in [0.29, 0.717) is 0 Å². The van der Waals surface area contributed by atoms with E-state index in [1.807, 2.05) is 24.3 Å². The van der Waals surface area contributed by atoms with Crippen molar-refractivity contribution in [3.8, 4) is 5.75 Å². The van der Waals surface area contributed by atoms with Crippen LogP contribution in [0.15, 0.2) is 59.4 Å². The first-order valence-electron chi connectivity index (χ1n) is 13.3. The number of unbranched alkanes of at least 4 members (excludes halogenated alkanes) is 2. The van der Waals surface area contributed by atoms with Gasteiger partial charge in [-0.2, -0.15) is 0 Å². The lowest BCUT2D eigenvalue weighted by Crippen LogP contribution is -2.39. The monoisotopic (exact) mass is 475 g/mol. The molecule has 0 bridgehead atoms. The van der Waals surface area contributed by atoms with Crippen LogP contribution in [0.3, 0.4) is 0 Å². The molecule has 35 heavy (non-hydrogen) atoms. The Morgan fingerprint density at radius 1 is 1.00 bits per heavy atom. The summed E-state index contributed by atoms with van der Waals surface area (Å²) in [7, 11) is 0. The zero-order valence-electron chi connectivity index (χ0n) is 21.5. The van der Waals surface area contributed by atoms with Gasteiger partial charge in [0.2, 0.25) is 5.56 Å². The van der Waals surface area contributed by atoms with E-state index >= 15 is 0 Å². The predicted octanol–water partition coefficient (Wildman–Crippen LogP) is 5.62. The molecule has 0 aliphatic carbocycles. The van der Waals surface area contributed by atoms with Crippen molar-refractivity contribution in [3.05, 3.63) is 76.1 Å². The van der Waals surface area contributed by atoms with Crippen LogP contribution >= 0.6 is 0 Å². The molecule has 5 nitrogen and oxygen atoms in total. The zero-order chi connectivity index (χ0) is 24.5. The van der Waals surface area contributed by atoms with Crippen molar-refractivity contribution in [3.63, 3.8) is 0 Å². The number of piperidine rings is 1. The molecule has 2 heterocycles. The number of hydrogen-bond donors (Lipinski definition) is 1. The van der Waals surface area contributed by atoms with Crippen LogP contribution in [0.25, 0.3) is 10.9 Å². The summed E-state index contributed by atoms with van der Waals surface area (Å²) in [5, 5.41) is 0.997. The molecule has 0 unspecified atom stereocenters. The maximum Gasteiger partial charge on any atom is 0.248 e. The van der Waals surface area contributed by atoms with E-state index in [-0.39, 0.29) is 5.56 Å². The lowest BCUT2D eigenvalue weighted by Gasteiger charge is -2.32. The van der Waals surface area contributed by atoms with E-state index in [4.69, 9.17) is 4.74 Å². The Bertz CT molecular complexity index is 1120. The highest BCUT2D eigenvalue weighted by Gasteiger charge is 2.16. The molecule has 1 N–H and O–H groups in total. The maximum atomic E-state index is 11.4. The van der Waals surface area contributed by atoms with E-state index in [1.165, 1.54) is 50.0 Å². The number of pyridine rings is 1. The quantitative estimate of drug-likeness (QED) is 0.346. The van der Waals surface area contributed by atoms with Gasteiger partial charge in [-0.15, -0.1) is 0 Å². The maximum absolute atomic E-state index is 11.4. The molecule has 0 saturated carbocycles. The number of rotatable bonds is 12. The van der Waals surface area contributed by atoms with Gasteiger partial charge < -0.3 is 14.6 Å². The lowest BCUT2D eigenvalue weighted by atomic mass is 9.99. The van der Waals surface area contributed by atoms with E-state index in [0.717, 1.165) is 61.7 Å². The van der Waals surface area contributed by atoms with Gasteiger partial charge in [-0.1, -0.05) is 31.2 Å². The molecule has 188 valence electrons. The summed E-state index contributed by atoms with van der Waals surface area (Å²) in [4.78, 5) is 19.6. The number of aromatic nitrogens is 1. The minimum absolute atomic E-state index is 0.0758. The van der Waals surface area contributed by atoms with Crippen LogP contribution in [0, 0.1) is 12.8 Å². The van der Waals surface area contributed by atoms with Gasteiger partial charge in [-0.3, -0.25) is 9.69 Å². The first-order chi connectivity index (χ1) is 17.1. The van der Waals surface area contributed by atoms with Gasteiger partial charge in [0.15, 0.2) is 0 Å². The second-order valence-corrected chi connectivity index (χ2v) is 10.2. The molecule has 1 aliphatic rings. The fourth-order valence-corrected chi connectivity index (χ4v) is 4.89. The Kier molecular flexibility index (Phi) is 9.38. The molecule has 0 spiro atoms. The van der Waals surface area contributed by atoms with E-state index in [2.05, 4.69) is 52.9 Å². The summed E-state index contributed by atoms with van der Waals surface area (Å²) in [5.41, 5.74) is 3.60. The molecule has 0 amide bonds. The SMILES string of the molecule is Cc1ccccc1CN(CCCCCOc1ccc2[nH]c(=O)ccc2c1)CCN1CCC(C)CC1. The Balaban J connectivity index is 1.21. The first-order valence-corrected chi connectivity index (χ1v) is 13.3. The molecule has 5 heteroatoms. The molecule has 1 saturated heterocycles. The van der Waals surface area contributed by atoms with Crippen molar-refractivity contribution < 1.29 is 4.74 Å². The molecule has 3 aromatic rings. The Morgan fingerprint density at radius 3 is 2.66 bits per heavy atom. The van der Waals surface area contributed by atoms with Crippen molar-refractivity contribution in [1.82, 2.24) is 14.8 Å². The minimum Gasteiger partial charge on any atom is -0.494 e. The molecule has 1 aliphatic heterocycles. The smallest absolute Gasteiger partial charge is 0.248 e. The Hall–Kier alpha value is -2.63. The van der Waals surface area contributed by atoms with Gasteiger partial charge >= 0.3 is 0 Å². The Morgan fingerprint density at radius 2 is 1.83 bits per heavy atom. The van der Waals surface area contributed by atoms with E-state index in [1.54, 1.807) is 6.07 Å². The van der Waals surface area contributed by atoms with Crippen LogP contribution in [-0.4, -0.2) is 54.1 Å². The number of nitrogens with one attached hydrogen (secondary N) is 1. The number of aromatic amines is 1. The average molecular weight is 476 g/mol. The molecule has 1 aromatic heterocycles. The second kappa shape index (κ2) is 12.9. The van der Waals surface area contributed by atoms with Crippen LogP contribution in [0.4, 0.5) is 0 Å². The van der Waals surface area contributed by atoms with Gasteiger partial charge in [-0.25, -0.2) is 0 Å². The van der Waals surface area contributed by atoms with Crippen molar-refractivity contribution in [2.24, 2.45) is 5.92 Å². The molecule has 1 fully saturated rings. The van der Waals surface area contributed by atoms with Crippen LogP contribution < -0.4 is 10.3 Å². The van der Waals surface area contributed by atoms with Gasteiger partial charge in [0.05, 0.1) is 6.61 Å². The molecular formula is C30H41N3O2. The average Bonchev–Trinajstić information content (AvgIpc) is 2.86. The van der Waals surface area contributed by atoms with Crippen molar-refractivity contribution >= 4 is 10.9 Å². The zero-order valence-corrected chi connectivity index (χ0v) is 21.5. The standard InChI is InChI=1S/C30H41N3O2/c1-24-14-17-32(18-15-24)19-20-33(23-27-9-5-4-8-25(27)2)16-6-3-7-21-35-28-11-12-29-26(22-28)10-13-30(34)31-29/h4-5,8-13,22,24H,3,6-7,14-21,23H2,1-2H3,(H,31,34). The number of likely N-dealkylation sites (tertiary alicyclic amines) is 1. The van der Waals surface area contributed by atoms with Gasteiger partial charge in [0, 0.05) is 36.6 Å². The molecular weight excluding hydrogens is 434 g/mol. The summed E-state index contributed by atoms with van der Waals surface area (Å²) in [6, 6.07) is 18.0. The highest BCUT2D eigenvalue weighted by Crippen LogP contribution is 2.19. The largest absolute Gasteiger partial charge is 0.494 e. The minimum atomic E-state index is -0.0758. The lowest BCUT2D eigenvalue weighted by molar-refractivity contribution is 0.156. The van der Waals surface area contributed by atoms with Crippen LogP contribution in [0.1, 0.15) is 50.2 Å². The van der Waals surface area contributed by atoms with E-state index < -0.39 is 0 Å². The molecule has 2 aromatic carbocycles. The number of hydrogen-bond acceptors (Lipinski definition) is 4. The van der Waals surface area contributed by atoms with Crippen LogP contribution in [0.2, 0.25) is 0 Å². The number of H-pyrrole nitrogens is 1.